The molecule has 2 N–H and O–H groups in total. The Bertz CT molecular complexity index is 412. The number of benzene rings is 1. The van der Waals surface area contributed by atoms with Crippen LogP contribution in [0.3, 0.4) is 0 Å². The van der Waals surface area contributed by atoms with Gasteiger partial charge in [0.2, 0.25) is 5.91 Å². The largest absolute Gasteiger partial charge is 0.355 e. The molecular weight excluding hydrogens is 316 g/mol. The van der Waals surface area contributed by atoms with Gasteiger partial charge in [-0.3, -0.25) is 4.79 Å². The summed E-state index contributed by atoms with van der Waals surface area (Å²) in [5.41, 5.74) is 0.981. The first-order valence-electron chi connectivity index (χ1n) is 5.99. The lowest BCUT2D eigenvalue weighted by atomic mass is 10.2. The Kier molecular flexibility index (Phi) is 6.68. The van der Waals surface area contributed by atoms with Crippen LogP contribution in [-0.4, -0.2) is 18.5 Å². The standard InChI is InChI=1S/C13H18BrClN2O/c1-3-6-16-13(18)9(2)17-8-10-4-5-11(14)7-12(10)15/h4-5,7,9,17H,3,6,8H2,1-2H3,(H,16,18). The van der Waals surface area contributed by atoms with Crippen molar-refractivity contribution >= 4 is 33.4 Å². The minimum absolute atomic E-state index is 0.0186. The van der Waals surface area contributed by atoms with Gasteiger partial charge >= 0.3 is 0 Å². The van der Waals surface area contributed by atoms with E-state index in [9.17, 15) is 4.79 Å². The van der Waals surface area contributed by atoms with E-state index in [-0.39, 0.29) is 11.9 Å². The van der Waals surface area contributed by atoms with E-state index < -0.39 is 0 Å². The van der Waals surface area contributed by atoms with Crippen LogP contribution in [0.15, 0.2) is 22.7 Å². The molecule has 1 amide bonds. The molecule has 0 radical (unpaired) electrons. The molecule has 0 aliphatic heterocycles. The summed E-state index contributed by atoms with van der Waals surface area (Å²) in [7, 11) is 0. The Hall–Kier alpha value is -0.580. The third kappa shape index (κ3) is 4.96. The van der Waals surface area contributed by atoms with Gasteiger partial charge in [0.15, 0.2) is 0 Å². The summed E-state index contributed by atoms with van der Waals surface area (Å²) in [5.74, 6) is 0.0186. The maximum atomic E-state index is 11.6. The molecule has 0 saturated carbocycles. The first-order chi connectivity index (χ1) is 8.54. The maximum absolute atomic E-state index is 11.6. The lowest BCUT2D eigenvalue weighted by Gasteiger charge is -2.14. The van der Waals surface area contributed by atoms with Crippen LogP contribution in [0.2, 0.25) is 5.02 Å². The molecule has 1 aromatic carbocycles. The SMILES string of the molecule is CCCNC(=O)C(C)NCc1ccc(Br)cc1Cl. The molecule has 3 nitrogen and oxygen atoms in total. The second-order valence-corrected chi connectivity index (χ2v) is 5.45. The van der Waals surface area contributed by atoms with Gasteiger partial charge in [0.05, 0.1) is 6.04 Å². The quantitative estimate of drug-likeness (QED) is 0.840. The van der Waals surface area contributed by atoms with Crippen LogP contribution in [0.1, 0.15) is 25.8 Å². The number of nitrogens with one attached hydrogen (secondary N) is 2. The zero-order valence-electron chi connectivity index (χ0n) is 10.6. The van der Waals surface area contributed by atoms with Gasteiger partial charge in [-0.15, -0.1) is 0 Å². The Morgan fingerprint density at radius 2 is 2.22 bits per heavy atom. The van der Waals surface area contributed by atoms with Gasteiger partial charge in [0.25, 0.3) is 0 Å². The van der Waals surface area contributed by atoms with Crippen molar-refractivity contribution < 1.29 is 4.79 Å². The minimum Gasteiger partial charge on any atom is -0.355 e. The monoisotopic (exact) mass is 332 g/mol. The van der Waals surface area contributed by atoms with E-state index in [0.29, 0.717) is 18.1 Å². The average Bonchev–Trinajstić information content (AvgIpc) is 2.34. The summed E-state index contributed by atoms with van der Waals surface area (Å²) < 4.78 is 0.949. The van der Waals surface area contributed by atoms with Gasteiger partial charge in [-0.05, 0) is 31.0 Å². The Morgan fingerprint density at radius 3 is 2.83 bits per heavy atom. The van der Waals surface area contributed by atoms with Gasteiger partial charge in [-0.1, -0.05) is 40.5 Å². The molecule has 1 atom stereocenters. The third-order valence-electron chi connectivity index (χ3n) is 2.56. The van der Waals surface area contributed by atoms with E-state index >= 15 is 0 Å². The molecule has 0 spiro atoms. The second kappa shape index (κ2) is 7.77. The van der Waals surface area contributed by atoms with E-state index in [2.05, 4.69) is 26.6 Å². The van der Waals surface area contributed by atoms with Crippen LogP contribution >= 0.6 is 27.5 Å². The van der Waals surface area contributed by atoms with Crippen LogP contribution in [0.5, 0.6) is 0 Å². The van der Waals surface area contributed by atoms with Crippen molar-refractivity contribution in [3.05, 3.63) is 33.3 Å². The molecule has 1 rings (SSSR count). The predicted molar refractivity (Wildman–Crippen MR) is 78.8 cm³/mol. The number of hydrogen-bond donors (Lipinski definition) is 2. The number of carbonyl (C=O) groups excluding carboxylic acids is 1. The van der Waals surface area contributed by atoms with Crippen LogP contribution < -0.4 is 10.6 Å². The van der Waals surface area contributed by atoms with Crippen LogP contribution in [0.25, 0.3) is 0 Å². The predicted octanol–water partition coefficient (Wildman–Crippen LogP) is 3.11. The zero-order chi connectivity index (χ0) is 13.5. The lowest BCUT2D eigenvalue weighted by molar-refractivity contribution is -0.122. The topological polar surface area (TPSA) is 41.1 Å². The fourth-order valence-corrected chi connectivity index (χ4v) is 2.16. The second-order valence-electron chi connectivity index (χ2n) is 4.13. The highest BCUT2D eigenvalue weighted by molar-refractivity contribution is 9.10. The molecule has 0 aromatic heterocycles. The normalized spacial score (nSPS) is 12.2. The van der Waals surface area contributed by atoms with E-state index in [1.54, 1.807) is 0 Å². The van der Waals surface area contributed by atoms with Crippen molar-refractivity contribution in [2.24, 2.45) is 0 Å². The van der Waals surface area contributed by atoms with Gasteiger partial charge in [-0.25, -0.2) is 0 Å². The minimum atomic E-state index is -0.226. The fourth-order valence-electron chi connectivity index (χ4n) is 1.42. The van der Waals surface area contributed by atoms with Crippen molar-refractivity contribution in [2.75, 3.05) is 6.54 Å². The summed E-state index contributed by atoms with van der Waals surface area (Å²) >= 11 is 9.46. The fraction of sp³-hybridized carbons (Fsp3) is 0.462. The molecular formula is C13H18BrClN2O. The van der Waals surface area contributed by atoms with Crippen LogP contribution in [0.4, 0.5) is 0 Å². The van der Waals surface area contributed by atoms with Crippen molar-refractivity contribution in [3.63, 3.8) is 0 Å². The van der Waals surface area contributed by atoms with Crippen LogP contribution in [-0.2, 0) is 11.3 Å². The number of halogens is 2. The molecule has 0 saturated heterocycles. The Morgan fingerprint density at radius 1 is 1.50 bits per heavy atom. The first-order valence-corrected chi connectivity index (χ1v) is 7.16. The molecule has 1 unspecified atom stereocenters. The molecule has 0 aliphatic rings. The van der Waals surface area contributed by atoms with E-state index in [1.165, 1.54) is 0 Å². The molecule has 5 heteroatoms. The van der Waals surface area contributed by atoms with Crippen molar-refractivity contribution in [1.82, 2.24) is 10.6 Å². The summed E-state index contributed by atoms with van der Waals surface area (Å²) in [6.45, 7) is 5.16. The molecule has 0 aliphatic carbocycles. The highest BCUT2D eigenvalue weighted by Gasteiger charge is 2.11. The molecule has 18 heavy (non-hydrogen) atoms. The molecule has 100 valence electrons. The van der Waals surface area contributed by atoms with E-state index in [1.807, 2.05) is 32.0 Å². The summed E-state index contributed by atoms with van der Waals surface area (Å²) in [6.07, 6.45) is 0.941. The first kappa shape index (κ1) is 15.5. The third-order valence-corrected chi connectivity index (χ3v) is 3.40. The average molecular weight is 334 g/mol. The highest BCUT2D eigenvalue weighted by Crippen LogP contribution is 2.21. The molecule has 1 aromatic rings. The summed E-state index contributed by atoms with van der Waals surface area (Å²) in [4.78, 5) is 11.6. The highest BCUT2D eigenvalue weighted by atomic mass is 79.9. The number of hydrogen-bond acceptors (Lipinski definition) is 2. The van der Waals surface area contributed by atoms with Gasteiger partial charge in [-0.2, -0.15) is 0 Å². The van der Waals surface area contributed by atoms with Crippen molar-refractivity contribution in [2.45, 2.75) is 32.9 Å². The Balaban J connectivity index is 2.46. The van der Waals surface area contributed by atoms with Crippen LogP contribution in [0, 0.1) is 0 Å². The smallest absolute Gasteiger partial charge is 0.236 e. The summed E-state index contributed by atoms with van der Waals surface area (Å²) in [5, 5.41) is 6.70. The van der Waals surface area contributed by atoms with Gasteiger partial charge in [0, 0.05) is 22.6 Å². The van der Waals surface area contributed by atoms with E-state index in [0.717, 1.165) is 16.5 Å². The number of amides is 1. The number of carbonyl (C=O) groups is 1. The molecule has 0 bridgehead atoms. The van der Waals surface area contributed by atoms with Crippen molar-refractivity contribution in [1.29, 1.82) is 0 Å². The lowest BCUT2D eigenvalue weighted by Crippen LogP contribution is -2.42. The molecule has 0 fully saturated rings. The molecule has 0 heterocycles. The van der Waals surface area contributed by atoms with Crippen molar-refractivity contribution in [3.8, 4) is 0 Å². The Labute approximate surface area is 121 Å². The number of rotatable bonds is 6. The van der Waals surface area contributed by atoms with Gasteiger partial charge in [0.1, 0.15) is 0 Å². The maximum Gasteiger partial charge on any atom is 0.236 e. The van der Waals surface area contributed by atoms with E-state index in [4.69, 9.17) is 11.6 Å². The van der Waals surface area contributed by atoms with Gasteiger partial charge < -0.3 is 10.6 Å². The zero-order valence-corrected chi connectivity index (χ0v) is 12.9. The summed E-state index contributed by atoms with van der Waals surface area (Å²) in [6, 6.07) is 5.50.